The van der Waals surface area contributed by atoms with Gasteiger partial charge in [0.15, 0.2) is 0 Å². The number of nitrogens with zero attached hydrogens (tertiary/aromatic N) is 1. The number of allylic oxidation sites excluding steroid dienone is 2. The van der Waals surface area contributed by atoms with Gasteiger partial charge in [-0.05, 0) is 233 Å². The number of hydrogen-bond donors (Lipinski definition) is 2. The van der Waals surface area contributed by atoms with Crippen molar-refractivity contribution >= 4 is 11.3 Å². The van der Waals surface area contributed by atoms with Crippen molar-refractivity contribution in [1.82, 2.24) is 4.90 Å². The first kappa shape index (κ1) is 120. The molecule has 0 amide bonds. The van der Waals surface area contributed by atoms with Gasteiger partial charge in [-0.15, -0.1) is 11.3 Å². The summed E-state index contributed by atoms with van der Waals surface area (Å²) < 4.78 is 0. The number of piperidine rings is 1. The lowest BCUT2D eigenvalue weighted by molar-refractivity contribution is 0.0916. The molecule has 1 saturated carbocycles. The predicted molar refractivity (Wildman–Crippen MR) is 499 cm³/mol. The molecule has 1 saturated heterocycles. The third-order valence-corrected chi connectivity index (χ3v) is 19.5. The van der Waals surface area contributed by atoms with Crippen LogP contribution in [0.5, 0.6) is 11.5 Å². The minimum Gasteiger partial charge on any atom is -0.508 e. The van der Waals surface area contributed by atoms with Gasteiger partial charge in [-0.1, -0.05) is 393 Å². The maximum absolute atomic E-state index is 9.46. The van der Waals surface area contributed by atoms with Crippen LogP contribution in [0.15, 0.2) is 109 Å². The molecule has 0 radical (unpaired) electrons. The Hall–Kier alpha value is -4.12. The average molecular weight is 1500 g/mol. The normalized spacial score (nSPS) is 15.4. The summed E-state index contributed by atoms with van der Waals surface area (Å²) in [6.45, 7) is 106. The molecule has 3 nitrogen and oxygen atoms in total. The van der Waals surface area contributed by atoms with Crippen molar-refractivity contribution in [3.8, 4) is 11.5 Å². The van der Waals surface area contributed by atoms with Gasteiger partial charge in [0.25, 0.3) is 0 Å². The molecule has 3 aliphatic rings. The fourth-order valence-electron chi connectivity index (χ4n) is 10.7. The van der Waals surface area contributed by atoms with Gasteiger partial charge in [0.2, 0.25) is 0 Å². The zero-order chi connectivity index (χ0) is 84.9. The molecular formula is C102H193NO2S. The number of phenols is 2. The molecule has 5 aromatic rings. The van der Waals surface area contributed by atoms with E-state index in [1.54, 1.807) is 11.6 Å². The van der Waals surface area contributed by atoms with Crippen molar-refractivity contribution < 1.29 is 10.2 Å². The summed E-state index contributed by atoms with van der Waals surface area (Å²) in [4.78, 5) is 5.47. The van der Waals surface area contributed by atoms with E-state index in [-0.39, 0.29) is 29.1 Å². The lowest BCUT2D eigenvalue weighted by atomic mass is 9.70. The summed E-state index contributed by atoms with van der Waals surface area (Å²) in [7, 11) is 0. The first-order valence-electron chi connectivity index (χ1n) is 42.6. The summed E-state index contributed by atoms with van der Waals surface area (Å²) in [6.07, 6.45) is 15.1. The van der Waals surface area contributed by atoms with Gasteiger partial charge in [0, 0.05) is 15.3 Å². The maximum Gasteiger partial charge on any atom is 0.118 e. The van der Waals surface area contributed by atoms with Crippen molar-refractivity contribution in [3.05, 3.63) is 163 Å². The minimum absolute atomic E-state index is 0. The highest BCUT2D eigenvalue weighted by Gasteiger charge is 2.29. The molecule has 8 rings (SSSR count). The molecule has 1 atom stereocenters. The van der Waals surface area contributed by atoms with Gasteiger partial charge in [-0.3, -0.25) is 4.90 Å². The highest BCUT2D eigenvalue weighted by Crippen LogP contribution is 2.40. The van der Waals surface area contributed by atoms with E-state index in [0.29, 0.717) is 33.3 Å². The van der Waals surface area contributed by atoms with Crippen LogP contribution < -0.4 is 0 Å². The molecule has 0 spiro atoms. The number of aromatic hydroxyl groups is 2. The zero-order valence-corrected chi connectivity index (χ0v) is 81.0. The standard InChI is InChI=1S/2C11H16O.C11H22.C11H20.2C11H16.C10H21N.C9H14S.8C2H6.CH4/c1-8-7-9(11(2,3)4)5-6-10(8)12;1-8-5-6-9(7-10(8)12)11(2,3)4;3*1-9-5-7-10(8-6-9)11(2,3)4;1-9-6-5-7-10(8-9)11(2,3)4;1-9-5-7-11(8-6-9)10(2,3)4;1-7-5-6-8(10-7)9(2,3)4;8*1-2;/h2*5-7,12H,1-4H3;9-10H,5-8H2,1-4H3;7,9H,5-6,8H2,1-4H3;2*5-8H,1-4H3;9H,5-8H2,1-4H3;5-6H,1-4H3;8*1-2H3;1H4. The maximum atomic E-state index is 9.46. The van der Waals surface area contributed by atoms with E-state index in [0.717, 1.165) is 34.8 Å². The van der Waals surface area contributed by atoms with Gasteiger partial charge >= 0.3 is 0 Å². The smallest absolute Gasteiger partial charge is 0.118 e. The van der Waals surface area contributed by atoms with Crippen molar-refractivity contribution in [2.75, 3.05) is 13.1 Å². The number of likely N-dealkylation sites (tertiary alicyclic amines) is 1. The van der Waals surface area contributed by atoms with E-state index in [2.05, 4.69) is 285 Å². The molecule has 2 N–H and O–H groups in total. The third-order valence-electron chi connectivity index (χ3n) is 18.0. The van der Waals surface area contributed by atoms with Crippen molar-refractivity contribution in [2.24, 2.45) is 34.5 Å². The second-order valence-electron chi connectivity index (χ2n) is 35.4. The number of thiophene rings is 1. The zero-order valence-electron chi connectivity index (χ0n) is 80.2. The van der Waals surface area contributed by atoms with Crippen LogP contribution in [0.1, 0.15) is 417 Å². The van der Waals surface area contributed by atoms with Crippen LogP contribution in [0.4, 0.5) is 0 Å². The average Bonchev–Trinajstić information content (AvgIpc) is 1.06. The van der Waals surface area contributed by atoms with Crippen LogP contribution in [0.25, 0.3) is 0 Å². The van der Waals surface area contributed by atoms with Crippen LogP contribution in [0.3, 0.4) is 0 Å². The third kappa shape index (κ3) is 58.8. The van der Waals surface area contributed by atoms with Gasteiger partial charge in [0.05, 0.1) is 0 Å². The molecule has 4 aromatic carbocycles. The van der Waals surface area contributed by atoms with Crippen LogP contribution in [-0.4, -0.2) is 33.7 Å². The number of aryl methyl sites for hydroxylation is 5. The lowest BCUT2D eigenvalue weighted by Crippen LogP contribution is -2.45. The summed E-state index contributed by atoms with van der Waals surface area (Å²) in [5.41, 5.74) is 14.0. The molecule has 106 heavy (non-hydrogen) atoms. The molecule has 1 unspecified atom stereocenters. The van der Waals surface area contributed by atoms with Gasteiger partial charge in [0.1, 0.15) is 11.5 Å². The molecule has 1 aromatic heterocycles. The van der Waals surface area contributed by atoms with Crippen molar-refractivity contribution in [2.45, 2.75) is 430 Å². The fraction of sp³-hybridized carbons (Fsp3) is 0.706. The quantitative estimate of drug-likeness (QED) is 0.152. The number of phenolic OH excluding ortho intramolecular Hbond substituents is 2. The lowest BCUT2D eigenvalue weighted by Gasteiger charge is -2.40. The molecule has 624 valence electrons. The first-order valence-corrected chi connectivity index (χ1v) is 43.4. The predicted octanol–water partition coefficient (Wildman–Crippen LogP) is 34.9. The Balaban J connectivity index is -0.000000141. The van der Waals surface area contributed by atoms with E-state index >= 15 is 0 Å². The number of hydrogen-bond acceptors (Lipinski definition) is 4. The number of rotatable bonds is 0. The van der Waals surface area contributed by atoms with E-state index in [1.807, 2.05) is 160 Å². The second kappa shape index (κ2) is 62.5. The Labute approximate surface area is 674 Å². The van der Waals surface area contributed by atoms with Crippen LogP contribution >= 0.6 is 11.3 Å². The molecule has 2 aliphatic carbocycles. The van der Waals surface area contributed by atoms with Gasteiger partial charge in [-0.25, -0.2) is 0 Å². The molecule has 2 fully saturated rings. The van der Waals surface area contributed by atoms with E-state index in [9.17, 15) is 10.2 Å². The van der Waals surface area contributed by atoms with Crippen molar-refractivity contribution in [1.29, 1.82) is 0 Å². The SMILES string of the molecule is C.CC.CC.CC.CC.CC.CC.CC.CC.CC1CC=C(C(C)(C)C)CC1.CC1CCC(C(C)(C)C)CC1.CC1CCN(C(C)(C)C)CC1.Cc1cc(C(C)(C)C)ccc1O.Cc1ccc(C(C)(C)C)cc1.Cc1ccc(C(C)(C)C)cc1O.Cc1ccc(C(C)(C)C)s1.Cc1cccc(C(C)(C)C)c1. The Morgan fingerprint density at radius 1 is 0.349 bits per heavy atom. The minimum atomic E-state index is 0. The Morgan fingerprint density at radius 3 is 1.04 bits per heavy atom. The first-order chi connectivity index (χ1) is 48.3. The van der Waals surface area contributed by atoms with Gasteiger partial charge in [-0.2, -0.15) is 0 Å². The molecule has 1 aliphatic heterocycles. The van der Waals surface area contributed by atoms with Crippen LogP contribution in [-0.2, 0) is 27.1 Å². The Bertz CT molecular complexity index is 2690. The monoisotopic (exact) mass is 1500 g/mol. The molecular weight excluding hydrogens is 1300 g/mol. The molecule has 2 heterocycles. The fourth-order valence-corrected chi connectivity index (χ4v) is 11.6. The van der Waals surface area contributed by atoms with E-state index in [4.69, 9.17) is 0 Å². The van der Waals surface area contributed by atoms with Crippen LogP contribution in [0, 0.1) is 69.1 Å². The summed E-state index contributed by atoms with van der Waals surface area (Å²) in [5, 5.41) is 18.8. The Morgan fingerprint density at radius 2 is 0.736 bits per heavy atom. The highest BCUT2D eigenvalue weighted by atomic mass is 32.1. The molecule has 4 heteroatoms. The van der Waals surface area contributed by atoms with E-state index in [1.165, 1.54) is 114 Å². The van der Waals surface area contributed by atoms with Crippen LogP contribution in [0.2, 0.25) is 0 Å². The van der Waals surface area contributed by atoms with E-state index < -0.39 is 0 Å². The Kier molecular flexibility index (Phi) is 70.9. The van der Waals surface area contributed by atoms with Crippen molar-refractivity contribution in [3.63, 3.8) is 0 Å². The summed E-state index contributed by atoms with van der Waals surface area (Å²) in [6, 6.07) is 33.5. The highest BCUT2D eigenvalue weighted by molar-refractivity contribution is 7.12. The largest absolute Gasteiger partial charge is 0.508 e. The number of benzene rings is 4. The van der Waals surface area contributed by atoms with Gasteiger partial charge < -0.3 is 10.2 Å². The summed E-state index contributed by atoms with van der Waals surface area (Å²) >= 11 is 1.89. The topological polar surface area (TPSA) is 43.7 Å². The second-order valence-corrected chi connectivity index (χ2v) is 36.7. The summed E-state index contributed by atoms with van der Waals surface area (Å²) in [5.74, 6) is 4.62. The molecule has 0 bridgehead atoms.